The van der Waals surface area contributed by atoms with E-state index in [1.807, 2.05) is 0 Å². The molecule has 1 fully saturated rings. The summed E-state index contributed by atoms with van der Waals surface area (Å²) < 4.78 is 1.44. The fourth-order valence-corrected chi connectivity index (χ4v) is 3.99. The van der Waals surface area contributed by atoms with Crippen molar-refractivity contribution in [1.82, 2.24) is 0 Å². The average Bonchev–Trinajstić information content (AvgIpc) is 2.98. The van der Waals surface area contributed by atoms with E-state index >= 15 is 0 Å². The second kappa shape index (κ2) is 12.5. The summed E-state index contributed by atoms with van der Waals surface area (Å²) in [6.45, 7) is 10.5. The van der Waals surface area contributed by atoms with E-state index in [9.17, 15) is 0 Å². The number of rotatable bonds is 14. The summed E-state index contributed by atoms with van der Waals surface area (Å²) in [5.41, 5.74) is 0. The number of quaternary nitrogens is 1. The molecule has 1 aliphatic heterocycles. The van der Waals surface area contributed by atoms with Gasteiger partial charge in [0.2, 0.25) is 0 Å². The van der Waals surface area contributed by atoms with Gasteiger partial charge in [-0.1, -0.05) is 71.1 Å². The van der Waals surface area contributed by atoms with Crippen LogP contribution in [0.25, 0.3) is 0 Å². The predicted molar refractivity (Wildman–Crippen MR) is 95.7 cm³/mol. The monoisotopic (exact) mass is 296 g/mol. The zero-order valence-corrected chi connectivity index (χ0v) is 15.2. The van der Waals surface area contributed by atoms with Crippen molar-refractivity contribution in [1.29, 1.82) is 0 Å². The minimum absolute atomic E-state index is 1.37. The van der Waals surface area contributed by atoms with Gasteiger partial charge in [-0.3, -0.25) is 0 Å². The van der Waals surface area contributed by atoms with Crippen LogP contribution in [0, 0.1) is 0 Å². The second-order valence-corrected chi connectivity index (χ2v) is 7.42. The topological polar surface area (TPSA) is 0 Å². The van der Waals surface area contributed by atoms with Gasteiger partial charge in [-0.15, -0.1) is 0 Å². The quantitative estimate of drug-likeness (QED) is 0.260. The summed E-state index contributed by atoms with van der Waals surface area (Å²) in [4.78, 5) is 0. The van der Waals surface area contributed by atoms with E-state index in [2.05, 4.69) is 13.8 Å². The molecule has 0 atom stereocenters. The first kappa shape index (κ1) is 19.0. The van der Waals surface area contributed by atoms with Crippen molar-refractivity contribution in [3.8, 4) is 0 Å². The van der Waals surface area contributed by atoms with Crippen LogP contribution in [-0.4, -0.2) is 30.7 Å². The van der Waals surface area contributed by atoms with Gasteiger partial charge >= 0.3 is 0 Å². The predicted octanol–water partition coefficient (Wildman–Crippen LogP) is 6.32. The molecule has 0 radical (unpaired) electrons. The van der Waals surface area contributed by atoms with Crippen LogP contribution in [-0.2, 0) is 0 Å². The van der Waals surface area contributed by atoms with Crippen LogP contribution < -0.4 is 0 Å². The van der Waals surface area contributed by atoms with E-state index in [0.29, 0.717) is 0 Å². The average molecular weight is 297 g/mol. The van der Waals surface area contributed by atoms with Gasteiger partial charge < -0.3 is 4.48 Å². The molecule has 0 aromatic carbocycles. The van der Waals surface area contributed by atoms with Crippen LogP contribution in [0.1, 0.15) is 104 Å². The lowest BCUT2D eigenvalue weighted by Crippen LogP contribution is -2.45. The molecule has 0 bridgehead atoms. The van der Waals surface area contributed by atoms with Gasteiger partial charge in [-0.05, 0) is 19.8 Å². The van der Waals surface area contributed by atoms with E-state index < -0.39 is 0 Å². The molecule has 126 valence electrons. The van der Waals surface area contributed by atoms with E-state index in [0.717, 1.165) is 0 Å². The Balaban J connectivity index is 1.80. The molecule has 0 spiro atoms. The van der Waals surface area contributed by atoms with Crippen LogP contribution >= 0.6 is 0 Å². The lowest BCUT2D eigenvalue weighted by molar-refractivity contribution is -0.915. The molecular weight excluding hydrogens is 254 g/mol. The van der Waals surface area contributed by atoms with E-state index in [4.69, 9.17) is 0 Å². The summed E-state index contributed by atoms with van der Waals surface area (Å²) in [7, 11) is 0. The van der Waals surface area contributed by atoms with Crippen molar-refractivity contribution in [3.05, 3.63) is 0 Å². The van der Waals surface area contributed by atoms with Crippen molar-refractivity contribution in [2.45, 2.75) is 104 Å². The van der Waals surface area contributed by atoms with Crippen LogP contribution in [0.2, 0.25) is 0 Å². The Morgan fingerprint density at radius 3 is 1.43 bits per heavy atom. The Morgan fingerprint density at radius 2 is 1.00 bits per heavy atom. The smallest absolute Gasteiger partial charge is 0.0788 e. The Bertz CT molecular complexity index is 218. The molecule has 0 aliphatic carbocycles. The molecule has 0 unspecified atom stereocenters. The Kier molecular flexibility index (Phi) is 11.3. The summed E-state index contributed by atoms with van der Waals surface area (Å²) in [6.07, 6.45) is 20.6. The molecule has 21 heavy (non-hydrogen) atoms. The Labute approximate surface area is 135 Å². The molecular formula is C20H42N+. The van der Waals surface area contributed by atoms with Gasteiger partial charge in [0.15, 0.2) is 0 Å². The fourth-order valence-electron chi connectivity index (χ4n) is 3.99. The van der Waals surface area contributed by atoms with Gasteiger partial charge in [0.25, 0.3) is 0 Å². The minimum Gasteiger partial charge on any atom is -0.324 e. The first-order valence-electron chi connectivity index (χ1n) is 10.2. The van der Waals surface area contributed by atoms with Crippen molar-refractivity contribution < 1.29 is 4.48 Å². The maximum atomic E-state index is 2.39. The van der Waals surface area contributed by atoms with Gasteiger partial charge in [-0.2, -0.15) is 0 Å². The third-order valence-corrected chi connectivity index (χ3v) is 5.67. The van der Waals surface area contributed by atoms with E-state index in [-0.39, 0.29) is 0 Å². The van der Waals surface area contributed by atoms with Crippen LogP contribution in [0.4, 0.5) is 0 Å². The zero-order valence-electron chi connectivity index (χ0n) is 15.2. The molecule has 1 saturated heterocycles. The lowest BCUT2D eigenvalue weighted by atomic mass is 10.1. The van der Waals surface area contributed by atoms with Gasteiger partial charge in [0, 0.05) is 12.8 Å². The lowest BCUT2D eigenvalue weighted by Gasteiger charge is -2.33. The highest BCUT2D eigenvalue weighted by Crippen LogP contribution is 2.20. The minimum atomic E-state index is 1.37. The summed E-state index contributed by atoms with van der Waals surface area (Å²) >= 11 is 0. The highest BCUT2D eigenvalue weighted by molar-refractivity contribution is 4.55. The van der Waals surface area contributed by atoms with Crippen molar-refractivity contribution in [2.24, 2.45) is 0 Å². The molecule has 1 heteroatoms. The second-order valence-electron chi connectivity index (χ2n) is 7.42. The summed E-state index contributed by atoms with van der Waals surface area (Å²) in [5.74, 6) is 0. The normalized spacial score (nSPS) is 17.4. The number of unbranched alkanes of at least 4 members (excludes halogenated alkanes) is 11. The zero-order chi connectivity index (χ0) is 15.2. The third-order valence-electron chi connectivity index (χ3n) is 5.67. The number of nitrogens with zero attached hydrogens (tertiary/aromatic N) is 1. The van der Waals surface area contributed by atoms with Crippen molar-refractivity contribution in [2.75, 3.05) is 26.2 Å². The molecule has 0 aromatic heterocycles. The maximum absolute atomic E-state index is 2.39. The van der Waals surface area contributed by atoms with Crippen molar-refractivity contribution >= 4 is 0 Å². The molecule has 1 heterocycles. The largest absolute Gasteiger partial charge is 0.324 e. The fraction of sp³-hybridized carbons (Fsp3) is 1.00. The Hall–Kier alpha value is -0.0400. The van der Waals surface area contributed by atoms with Crippen LogP contribution in [0.15, 0.2) is 0 Å². The number of hydrogen-bond acceptors (Lipinski definition) is 0. The molecule has 0 amide bonds. The highest BCUT2D eigenvalue weighted by atomic mass is 15.4. The summed E-state index contributed by atoms with van der Waals surface area (Å²) in [6, 6.07) is 0. The first-order chi connectivity index (χ1) is 10.3. The van der Waals surface area contributed by atoms with Crippen molar-refractivity contribution in [3.63, 3.8) is 0 Å². The molecule has 1 aliphatic rings. The third kappa shape index (κ3) is 8.86. The van der Waals surface area contributed by atoms with E-state index in [1.54, 1.807) is 0 Å². The maximum Gasteiger partial charge on any atom is 0.0788 e. The Morgan fingerprint density at radius 1 is 0.571 bits per heavy atom. The molecule has 0 aromatic rings. The van der Waals surface area contributed by atoms with Gasteiger partial charge in [0.1, 0.15) is 0 Å². The van der Waals surface area contributed by atoms with Crippen LogP contribution in [0.5, 0.6) is 0 Å². The standard InChI is InChI=1S/C20H42N/c1-3-5-6-7-8-9-10-11-12-13-14-15-18-21(4-2)19-16-17-20-21/h3-20H2,1-2H3/q+1. The highest BCUT2D eigenvalue weighted by Gasteiger charge is 2.28. The first-order valence-corrected chi connectivity index (χ1v) is 10.2. The molecule has 1 nitrogen and oxygen atoms in total. The van der Waals surface area contributed by atoms with Gasteiger partial charge in [0.05, 0.1) is 26.2 Å². The molecule has 1 rings (SSSR count). The van der Waals surface area contributed by atoms with E-state index in [1.165, 1.54) is 121 Å². The van der Waals surface area contributed by atoms with Gasteiger partial charge in [-0.25, -0.2) is 0 Å². The SMILES string of the molecule is CCCCCCCCCCCCCC[N+]1(CC)CCCC1. The number of likely N-dealkylation sites (tertiary alicyclic amines) is 1. The molecule has 0 saturated carbocycles. The number of hydrogen-bond donors (Lipinski definition) is 0. The van der Waals surface area contributed by atoms with Crippen LogP contribution in [0.3, 0.4) is 0 Å². The molecule has 0 N–H and O–H groups in total. The summed E-state index contributed by atoms with van der Waals surface area (Å²) in [5, 5.41) is 0.